The number of aryl methyl sites for hydroxylation is 1. The molecule has 0 saturated carbocycles. The maximum Gasteiger partial charge on any atom is 0.220 e. The molecule has 1 unspecified atom stereocenters. The van der Waals surface area contributed by atoms with Crippen molar-refractivity contribution in [3.05, 3.63) is 33.8 Å². The van der Waals surface area contributed by atoms with Gasteiger partial charge in [-0.25, -0.2) is 0 Å². The SMILES string of the molecule is CC(CN)CNC(=O)CCCc1ccc(Cl)c(Cl)c1. The number of carbonyl (C=O) groups excluding carboxylic acids is 1. The highest BCUT2D eigenvalue weighted by molar-refractivity contribution is 6.42. The molecule has 106 valence electrons. The van der Waals surface area contributed by atoms with Gasteiger partial charge in [0.2, 0.25) is 5.91 Å². The summed E-state index contributed by atoms with van der Waals surface area (Å²) in [7, 11) is 0. The maximum atomic E-state index is 11.6. The van der Waals surface area contributed by atoms with E-state index >= 15 is 0 Å². The van der Waals surface area contributed by atoms with Crippen molar-refractivity contribution < 1.29 is 4.79 Å². The summed E-state index contributed by atoms with van der Waals surface area (Å²) in [4.78, 5) is 11.6. The lowest BCUT2D eigenvalue weighted by Crippen LogP contribution is -2.31. The van der Waals surface area contributed by atoms with E-state index in [0.29, 0.717) is 35.5 Å². The van der Waals surface area contributed by atoms with Crippen LogP contribution in [0.4, 0.5) is 0 Å². The van der Waals surface area contributed by atoms with Crippen LogP contribution < -0.4 is 11.1 Å². The van der Waals surface area contributed by atoms with Crippen LogP contribution in [0, 0.1) is 5.92 Å². The van der Waals surface area contributed by atoms with E-state index in [-0.39, 0.29) is 5.91 Å². The summed E-state index contributed by atoms with van der Waals surface area (Å²) in [5.74, 6) is 0.388. The van der Waals surface area contributed by atoms with Crippen LogP contribution >= 0.6 is 23.2 Å². The first-order valence-corrected chi connectivity index (χ1v) is 7.19. The summed E-state index contributed by atoms with van der Waals surface area (Å²) in [5.41, 5.74) is 6.58. The van der Waals surface area contributed by atoms with Crippen molar-refractivity contribution in [2.45, 2.75) is 26.2 Å². The Morgan fingerprint density at radius 2 is 2.11 bits per heavy atom. The molecule has 0 bridgehead atoms. The fourth-order valence-corrected chi connectivity index (χ4v) is 1.93. The number of hydrogen-bond donors (Lipinski definition) is 2. The third kappa shape index (κ3) is 6.28. The summed E-state index contributed by atoms with van der Waals surface area (Å²) in [6, 6.07) is 5.56. The third-order valence-electron chi connectivity index (χ3n) is 2.90. The molecule has 1 aromatic rings. The number of rotatable bonds is 7. The highest BCUT2D eigenvalue weighted by Crippen LogP contribution is 2.23. The molecular weight excluding hydrogens is 283 g/mol. The van der Waals surface area contributed by atoms with Crippen LogP contribution in [0.3, 0.4) is 0 Å². The maximum absolute atomic E-state index is 11.6. The van der Waals surface area contributed by atoms with E-state index in [4.69, 9.17) is 28.9 Å². The summed E-state index contributed by atoms with van der Waals surface area (Å²) in [5, 5.41) is 3.98. The molecule has 1 atom stereocenters. The van der Waals surface area contributed by atoms with Crippen LogP contribution in [0.15, 0.2) is 18.2 Å². The summed E-state index contributed by atoms with van der Waals surface area (Å²) >= 11 is 11.8. The molecule has 0 aliphatic carbocycles. The minimum atomic E-state index is 0.0698. The Bertz CT molecular complexity index is 424. The van der Waals surface area contributed by atoms with Crippen molar-refractivity contribution >= 4 is 29.1 Å². The van der Waals surface area contributed by atoms with Gasteiger partial charge in [0, 0.05) is 13.0 Å². The minimum Gasteiger partial charge on any atom is -0.356 e. The molecule has 0 spiro atoms. The van der Waals surface area contributed by atoms with Gasteiger partial charge in [-0.2, -0.15) is 0 Å². The number of hydrogen-bond acceptors (Lipinski definition) is 2. The first kappa shape index (κ1) is 16.3. The van der Waals surface area contributed by atoms with Gasteiger partial charge < -0.3 is 11.1 Å². The third-order valence-corrected chi connectivity index (χ3v) is 3.64. The Morgan fingerprint density at radius 1 is 1.37 bits per heavy atom. The summed E-state index contributed by atoms with van der Waals surface area (Å²) < 4.78 is 0. The predicted molar refractivity (Wildman–Crippen MR) is 80.6 cm³/mol. The van der Waals surface area contributed by atoms with Crippen molar-refractivity contribution in [3.63, 3.8) is 0 Å². The van der Waals surface area contributed by atoms with Crippen LogP contribution in [-0.4, -0.2) is 19.0 Å². The van der Waals surface area contributed by atoms with Gasteiger partial charge >= 0.3 is 0 Å². The molecule has 0 radical (unpaired) electrons. The molecule has 3 N–H and O–H groups in total. The van der Waals surface area contributed by atoms with Gasteiger partial charge in [0.1, 0.15) is 0 Å². The van der Waals surface area contributed by atoms with Crippen LogP contribution in [0.5, 0.6) is 0 Å². The van der Waals surface area contributed by atoms with E-state index in [9.17, 15) is 4.79 Å². The molecule has 0 fully saturated rings. The molecular formula is C14H20Cl2N2O. The molecule has 1 amide bonds. The standard InChI is InChI=1S/C14H20Cl2N2O/c1-10(8-17)9-18-14(19)4-2-3-11-5-6-12(15)13(16)7-11/h5-7,10H,2-4,8-9,17H2,1H3,(H,18,19). The number of carbonyl (C=O) groups is 1. The number of nitrogens with two attached hydrogens (primary N) is 1. The smallest absolute Gasteiger partial charge is 0.220 e. The summed E-state index contributed by atoms with van der Waals surface area (Å²) in [6.07, 6.45) is 2.12. The first-order valence-electron chi connectivity index (χ1n) is 6.43. The first-order chi connectivity index (χ1) is 9.02. The number of halogens is 2. The molecule has 3 nitrogen and oxygen atoms in total. The lowest BCUT2D eigenvalue weighted by Gasteiger charge is -2.10. The zero-order valence-corrected chi connectivity index (χ0v) is 12.6. The van der Waals surface area contributed by atoms with Crippen LogP contribution in [-0.2, 0) is 11.2 Å². The Balaban J connectivity index is 2.26. The average Bonchev–Trinajstić information content (AvgIpc) is 2.40. The van der Waals surface area contributed by atoms with Crippen LogP contribution in [0.25, 0.3) is 0 Å². The van der Waals surface area contributed by atoms with Gasteiger partial charge in [-0.1, -0.05) is 36.2 Å². The fraction of sp³-hybridized carbons (Fsp3) is 0.500. The predicted octanol–water partition coefficient (Wildman–Crippen LogP) is 3.03. The Labute approximate surface area is 124 Å². The van der Waals surface area contributed by atoms with E-state index in [1.165, 1.54) is 0 Å². The number of benzene rings is 1. The molecule has 19 heavy (non-hydrogen) atoms. The molecule has 1 rings (SSSR count). The van der Waals surface area contributed by atoms with Crippen molar-refractivity contribution in [1.82, 2.24) is 5.32 Å². The molecule has 0 aliphatic heterocycles. The van der Waals surface area contributed by atoms with E-state index in [2.05, 4.69) is 5.32 Å². The van der Waals surface area contributed by atoms with Gasteiger partial charge in [0.05, 0.1) is 10.0 Å². The van der Waals surface area contributed by atoms with E-state index in [1.54, 1.807) is 6.07 Å². The van der Waals surface area contributed by atoms with Gasteiger partial charge in [-0.15, -0.1) is 0 Å². The van der Waals surface area contributed by atoms with Crippen molar-refractivity contribution in [1.29, 1.82) is 0 Å². The Hall–Kier alpha value is -0.770. The zero-order valence-electron chi connectivity index (χ0n) is 11.1. The molecule has 0 aliphatic rings. The normalized spacial score (nSPS) is 12.2. The molecule has 0 aromatic heterocycles. The largest absolute Gasteiger partial charge is 0.356 e. The van der Waals surface area contributed by atoms with Gasteiger partial charge in [-0.3, -0.25) is 4.79 Å². The number of amides is 1. The second-order valence-electron chi connectivity index (χ2n) is 4.75. The fourth-order valence-electron chi connectivity index (χ4n) is 1.61. The molecule has 0 saturated heterocycles. The molecule has 5 heteroatoms. The lowest BCUT2D eigenvalue weighted by molar-refractivity contribution is -0.121. The highest BCUT2D eigenvalue weighted by Gasteiger charge is 2.05. The van der Waals surface area contributed by atoms with E-state index in [1.807, 2.05) is 19.1 Å². The van der Waals surface area contributed by atoms with Crippen molar-refractivity contribution in [2.24, 2.45) is 11.7 Å². The van der Waals surface area contributed by atoms with E-state index < -0.39 is 0 Å². The Morgan fingerprint density at radius 3 is 2.74 bits per heavy atom. The second-order valence-corrected chi connectivity index (χ2v) is 5.56. The van der Waals surface area contributed by atoms with Crippen LogP contribution in [0.2, 0.25) is 10.0 Å². The minimum absolute atomic E-state index is 0.0698. The lowest BCUT2D eigenvalue weighted by atomic mass is 10.1. The highest BCUT2D eigenvalue weighted by atomic mass is 35.5. The quantitative estimate of drug-likeness (QED) is 0.813. The second kappa shape index (κ2) is 8.41. The summed E-state index contributed by atoms with van der Waals surface area (Å²) in [6.45, 7) is 3.24. The van der Waals surface area contributed by atoms with E-state index in [0.717, 1.165) is 18.4 Å². The van der Waals surface area contributed by atoms with Gasteiger partial charge in [-0.05, 0) is 43.0 Å². The van der Waals surface area contributed by atoms with Crippen LogP contribution in [0.1, 0.15) is 25.3 Å². The number of nitrogens with one attached hydrogen (secondary N) is 1. The van der Waals surface area contributed by atoms with Gasteiger partial charge in [0.25, 0.3) is 0 Å². The average molecular weight is 303 g/mol. The Kier molecular flexibility index (Phi) is 7.21. The topological polar surface area (TPSA) is 55.1 Å². The molecule has 1 aromatic carbocycles. The van der Waals surface area contributed by atoms with Crippen molar-refractivity contribution in [3.8, 4) is 0 Å². The monoisotopic (exact) mass is 302 g/mol. The van der Waals surface area contributed by atoms with Gasteiger partial charge in [0.15, 0.2) is 0 Å². The molecule has 0 heterocycles. The van der Waals surface area contributed by atoms with Crippen molar-refractivity contribution in [2.75, 3.05) is 13.1 Å². The zero-order chi connectivity index (χ0) is 14.3.